The summed E-state index contributed by atoms with van der Waals surface area (Å²) >= 11 is 0. The number of aromatic nitrogens is 1. The van der Waals surface area contributed by atoms with Crippen LogP contribution in [0.3, 0.4) is 0 Å². The third kappa shape index (κ3) is 2.83. The van der Waals surface area contributed by atoms with Crippen LogP contribution in [0, 0.1) is 13.8 Å². The van der Waals surface area contributed by atoms with Crippen LogP contribution in [0.2, 0.25) is 0 Å². The van der Waals surface area contributed by atoms with E-state index in [4.69, 9.17) is 5.73 Å². The summed E-state index contributed by atoms with van der Waals surface area (Å²) in [6, 6.07) is 20.0. The van der Waals surface area contributed by atoms with Gasteiger partial charge < -0.3 is 5.73 Å². The first-order chi connectivity index (χ1) is 11.1. The molecule has 2 aromatic carbocycles. The first-order valence-corrected chi connectivity index (χ1v) is 7.70. The van der Waals surface area contributed by atoms with Crippen LogP contribution in [0.1, 0.15) is 16.7 Å². The van der Waals surface area contributed by atoms with E-state index in [0.717, 1.165) is 28.1 Å². The molecule has 0 atom stereocenters. The van der Waals surface area contributed by atoms with Gasteiger partial charge in [0, 0.05) is 17.8 Å². The Bertz CT molecular complexity index is 895. The van der Waals surface area contributed by atoms with Crippen molar-refractivity contribution in [1.29, 1.82) is 0 Å². The second-order valence-electron chi connectivity index (χ2n) is 5.74. The number of hydrogen-bond acceptors (Lipinski definition) is 2. The lowest BCUT2D eigenvalue weighted by Crippen LogP contribution is -2.26. The largest absolute Gasteiger partial charge is 0.326 e. The summed E-state index contributed by atoms with van der Waals surface area (Å²) in [6.45, 7) is 4.21. The van der Waals surface area contributed by atoms with Crippen molar-refractivity contribution in [1.82, 2.24) is 4.57 Å². The van der Waals surface area contributed by atoms with Gasteiger partial charge in [-0.1, -0.05) is 42.5 Å². The highest BCUT2D eigenvalue weighted by atomic mass is 16.1. The summed E-state index contributed by atoms with van der Waals surface area (Å²) in [4.78, 5) is 13.0. The predicted octanol–water partition coefficient (Wildman–Crippen LogP) is 3.58. The van der Waals surface area contributed by atoms with Gasteiger partial charge in [0.25, 0.3) is 5.56 Å². The van der Waals surface area contributed by atoms with E-state index in [-0.39, 0.29) is 12.1 Å². The Balaban J connectivity index is 2.38. The molecule has 3 rings (SSSR count). The number of benzene rings is 2. The minimum absolute atomic E-state index is 0.0445. The molecule has 2 N–H and O–H groups in total. The molecule has 3 aromatic rings. The fourth-order valence-corrected chi connectivity index (χ4v) is 2.86. The maximum atomic E-state index is 13.0. The zero-order valence-electron chi connectivity index (χ0n) is 13.4. The summed E-state index contributed by atoms with van der Waals surface area (Å²) in [5, 5.41) is 0. The number of nitrogens with two attached hydrogens (primary N) is 1. The fraction of sp³-hybridized carbons (Fsp3) is 0.150. The third-order valence-electron chi connectivity index (χ3n) is 4.06. The first-order valence-electron chi connectivity index (χ1n) is 7.70. The molecule has 0 bridgehead atoms. The second-order valence-corrected chi connectivity index (χ2v) is 5.74. The second kappa shape index (κ2) is 6.23. The molecule has 0 amide bonds. The van der Waals surface area contributed by atoms with Crippen LogP contribution in [0.25, 0.3) is 16.9 Å². The van der Waals surface area contributed by atoms with Crippen LogP contribution in [0.4, 0.5) is 0 Å². The number of aryl methyl sites for hydroxylation is 2. The lowest BCUT2D eigenvalue weighted by Gasteiger charge is -2.17. The average Bonchev–Trinajstić information content (AvgIpc) is 2.55. The minimum atomic E-state index is -0.0445. The van der Waals surface area contributed by atoms with Crippen LogP contribution >= 0.6 is 0 Å². The van der Waals surface area contributed by atoms with Crippen molar-refractivity contribution in [2.24, 2.45) is 5.73 Å². The molecule has 0 spiro atoms. The highest BCUT2D eigenvalue weighted by Gasteiger charge is 2.14. The van der Waals surface area contributed by atoms with Crippen LogP contribution in [-0.2, 0) is 6.54 Å². The molecule has 116 valence electrons. The summed E-state index contributed by atoms with van der Waals surface area (Å²) < 4.78 is 1.76. The van der Waals surface area contributed by atoms with Gasteiger partial charge in [-0.15, -0.1) is 0 Å². The van der Waals surface area contributed by atoms with Gasteiger partial charge >= 0.3 is 0 Å². The summed E-state index contributed by atoms with van der Waals surface area (Å²) in [7, 11) is 0. The Morgan fingerprint density at radius 2 is 1.70 bits per heavy atom. The van der Waals surface area contributed by atoms with Crippen LogP contribution in [-0.4, -0.2) is 4.57 Å². The van der Waals surface area contributed by atoms with Crippen LogP contribution in [0.5, 0.6) is 0 Å². The Labute approximate surface area is 136 Å². The van der Waals surface area contributed by atoms with Crippen LogP contribution in [0.15, 0.2) is 65.5 Å². The van der Waals surface area contributed by atoms with Crippen molar-refractivity contribution in [3.63, 3.8) is 0 Å². The zero-order chi connectivity index (χ0) is 16.4. The van der Waals surface area contributed by atoms with Crippen molar-refractivity contribution < 1.29 is 0 Å². The normalized spacial score (nSPS) is 10.7. The van der Waals surface area contributed by atoms with Crippen molar-refractivity contribution >= 4 is 0 Å². The van der Waals surface area contributed by atoms with Crippen molar-refractivity contribution in [2.45, 2.75) is 20.4 Å². The molecule has 0 aliphatic rings. The van der Waals surface area contributed by atoms with Gasteiger partial charge in [0.15, 0.2) is 0 Å². The number of hydrogen-bond donors (Lipinski definition) is 1. The maximum absolute atomic E-state index is 13.0. The van der Waals surface area contributed by atoms with E-state index in [0.29, 0.717) is 5.56 Å². The molecular weight excluding hydrogens is 284 g/mol. The summed E-state index contributed by atoms with van der Waals surface area (Å²) in [6.07, 6.45) is 0. The Morgan fingerprint density at radius 3 is 2.35 bits per heavy atom. The molecule has 1 aromatic heterocycles. The SMILES string of the molecule is Cc1cccc(-n2c(-c3ccccc3)cc(C)c(CN)c2=O)c1. The Hall–Kier alpha value is -2.65. The van der Waals surface area contributed by atoms with Crippen molar-refractivity contribution in [2.75, 3.05) is 0 Å². The van der Waals surface area contributed by atoms with Gasteiger partial charge in [0.05, 0.1) is 5.69 Å². The molecule has 1 heterocycles. The molecule has 3 nitrogen and oxygen atoms in total. The highest BCUT2D eigenvalue weighted by Crippen LogP contribution is 2.23. The van der Waals surface area contributed by atoms with E-state index >= 15 is 0 Å². The molecule has 0 aliphatic carbocycles. The van der Waals surface area contributed by atoms with Crippen molar-refractivity contribution in [3.05, 3.63) is 87.7 Å². The number of rotatable bonds is 3. The summed E-state index contributed by atoms with van der Waals surface area (Å²) in [5.41, 5.74) is 11.2. The molecule has 0 saturated heterocycles. The topological polar surface area (TPSA) is 48.0 Å². The Morgan fingerprint density at radius 1 is 0.957 bits per heavy atom. The average molecular weight is 304 g/mol. The monoisotopic (exact) mass is 304 g/mol. The van der Waals surface area contributed by atoms with E-state index in [1.807, 2.05) is 74.5 Å². The lowest BCUT2D eigenvalue weighted by atomic mass is 10.0. The van der Waals surface area contributed by atoms with Gasteiger partial charge in [0.1, 0.15) is 0 Å². The lowest BCUT2D eigenvalue weighted by molar-refractivity contribution is 0.917. The smallest absolute Gasteiger partial charge is 0.260 e. The zero-order valence-corrected chi connectivity index (χ0v) is 13.4. The van der Waals surface area contributed by atoms with Gasteiger partial charge in [-0.25, -0.2) is 0 Å². The highest BCUT2D eigenvalue weighted by molar-refractivity contribution is 5.64. The minimum Gasteiger partial charge on any atom is -0.326 e. The number of pyridine rings is 1. The van der Waals surface area contributed by atoms with E-state index < -0.39 is 0 Å². The van der Waals surface area contributed by atoms with Crippen molar-refractivity contribution in [3.8, 4) is 16.9 Å². The van der Waals surface area contributed by atoms with Gasteiger partial charge in [0.2, 0.25) is 0 Å². The number of nitrogens with zero attached hydrogens (tertiary/aromatic N) is 1. The Kier molecular flexibility index (Phi) is 4.13. The predicted molar refractivity (Wildman–Crippen MR) is 94.8 cm³/mol. The standard InChI is InChI=1S/C20H20N2O/c1-14-7-6-10-17(11-14)22-19(16-8-4-3-5-9-16)12-15(2)18(13-21)20(22)23/h3-12H,13,21H2,1-2H3. The molecule has 3 heteroatoms. The fourth-order valence-electron chi connectivity index (χ4n) is 2.86. The molecule has 0 saturated carbocycles. The third-order valence-corrected chi connectivity index (χ3v) is 4.06. The summed E-state index contributed by atoms with van der Waals surface area (Å²) in [5.74, 6) is 0. The van der Waals surface area contributed by atoms with E-state index in [1.54, 1.807) is 4.57 Å². The van der Waals surface area contributed by atoms with E-state index in [9.17, 15) is 4.79 Å². The molecule has 0 fully saturated rings. The van der Waals surface area contributed by atoms with Crippen LogP contribution < -0.4 is 11.3 Å². The van der Waals surface area contributed by atoms with E-state index in [1.165, 1.54) is 0 Å². The quantitative estimate of drug-likeness (QED) is 0.804. The first kappa shape index (κ1) is 15.3. The van der Waals surface area contributed by atoms with E-state index in [2.05, 4.69) is 0 Å². The molecule has 0 unspecified atom stereocenters. The maximum Gasteiger partial charge on any atom is 0.260 e. The molecule has 23 heavy (non-hydrogen) atoms. The van der Waals surface area contributed by atoms with Gasteiger partial charge in [-0.3, -0.25) is 9.36 Å². The van der Waals surface area contributed by atoms with Gasteiger partial charge in [-0.2, -0.15) is 0 Å². The van der Waals surface area contributed by atoms with Gasteiger partial charge in [-0.05, 0) is 48.7 Å². The molecule has 0 aliphatic heterocycles. The molecule has 0 radical (unpaired) electrons. The molecular formula is C20H20N2O.